The summed E-state index contributed by atoms with van der Waals surface area (Å²) in [5, 5.41) is 0. The van der Waals surface area contributed by atoms with Crippen LogP contribution < -0.4 is 11.3 Å². The van der Waals surface area contributed by atoms with E-state index >= 15 is 0 Å². The number of nitrogens with one attached hydrogen (secondary N) is 1. The van der Waals surface area contributed by atoms with Crippen LogP contribution in [0.3, 0.4) is 0 Å². The van der Waals surface area contributed by atoms with E-state index < -0.39 is 0 Å². The molecule has 0 fully saturated rings. The Balaban J connectivity index is 2.35. The second kappa shape index (κ2) is 2.77. The molecule has 0 atom stereocenters. The molecule has 0 unspecified atom stereocenters. The van der Waals surface area contributed by atoms with Crippen LogP contribution in [0.1, 0.15) is 11.1 Å². The van der Waals surface area contributed by atoms with Gasteiger partial charge in [-0.1, -0.05) is 6.07 Å². The molecule has 0 saturated heterocycles. The van der Waals surface area contributed by atoms with E-state index in [2.05, 4.69) is 29.5 Å². The molecule has 1 aliphatic rings. The Morgan fingerprint density at radius 1 is 1.33 bits per heavy atom. The predicted molar refractivity (Wildman–Crippen MR) is 49.4 cm³/mol. The lowest BCUT2D eigenvalue weighted by Gasteiger charge is -2.02. The average molecular weight is 163 g/mol. The molecule has 0 amide bonds. The molecule has 0 bridgehead atoms. The van der Waals surface area contributed by atoms with Crippen molar-refractivity contribution in [2.45, 2.75) is 13.1 Å². The fourth-order valence-corrected chi connectivity index (χ4v) is 1.65. The molecule has 3 nitrogen and oxygen atoms in total. The lowest BCUT2D eigenvalue weighted by atomic mass is 10.1. The minimum absolute atomic E-state index is 0.990. The number of nitrogen functional groups attached to an aromatic ring is 1. The van der Waals surface area contributed by atoms with E-state index in [4.69, 9.17) is 5.84 Å². The van der Waals surface area contributed by atoms with Gasteiger partial charge in [-0.25, -0.2) is 0 Å². The van der Waals surface area contributed by atoms with Crippen molar-refractivity contribution >= 4 is 5.69 Å². The van der Waals surface area contributed by atoms with Crippen molar-refractivity contribution in [2.75, 3.05) is 12.5 Å². The number of rotatable bonds is 1. The minimum atomic E-state index is 0.990. The molecule has 12 heavy (non-hydrogen) atoms. The Morgan fingerprint density at radius 3 is 2.83 bits per heavy atom. The third kappa shape index (κ3) is 1.17. The topological polar surface area (TPSA) is 41.3 Å². The summed E-state index contributed by atoms with van der Waals surface area (Å²) in [7, 11) is 2.12. The van der Waals surface area contributed by atoms with Gasteiger partial charge in [0, 0.05) is 18.8 Å². The highest BCUT2D eigenvalue weighted by atomic mass is 15.2. The molecule has 2 rings (SSSR count). The van der Waals surface area contributed by atoms with E-state index in [0.717, 1.165) is 18.8 Å². The SMILES string of the molecule is CN1Cc2ccc(NN)cc2C1. The van der Waals surface area contributed by atoms with Gasteiger partial charge in [-0.05, 0) is 30.3 Å². The van der Waals surface area contributed by atoms with Gasteiger partial charge >= 0.3 is 0 Å². The summed E-state index contributed by atoms with van der Waals surface area (Å²) in [6.07, 6.45) is 0. The van der Waals surface area contributed by atoms with Crippen molar-refractivity contribution in [1.82, 2.24) is 4.90 Å². The summed E-state index contributed by atoms with van der Waals surface area (Å²) in [5.74, 6) is 5.31. The maximum absolute atomic E-state index is 5.31. The van der Waals surface area contributed by atoms with Crippen LogP contribution >= 0.6 is 0 Å². The third-order valence-electron chi connectivity index (χ3n) is 2.25. The first-order chi connectivity index (χ1) is 5.79. The summed E-state index contributed by atoms with van der Waals surface area (Å²) in [6.45, 7) is 2.09. The van der Waals surface area contributed by atoms with Crippen LogP contribution in [0.15, 0.2) is 18.2 Å². The number of anilines is 1. The van der Waals surface area contributed by atoms with Gasteiger partial charge < -0.3 is 5.43 Å². The van der Waals surface area contributed by atoms with E-state index in [1.54, 1.807) is 0 Å². The summed E-state index contributed by atoms with van der Waals surface area (Å²) < 4.78 is 0. The molecule has 1 heterocycles. The third-order valence-corrected chi connectivity index (χ3v) is 2.25. The molecule has 1 aromatic carbocycles. The van der Waals surface area contributed by atoms with Gasteiger partial charge in [0.25, 0.3) is 0 Å². The number of hydrazine groups is 1. The van der Waals surface area contributed by atoms with Crippen LogP contribution in [-0.2, 0) is 13.1 Å². The van der Waals surface area contributed by atoms with Gasteiger partial charge in [0.2, 0.25) is 0 Å². The molecule has 64 valence electrons. The Labute approximate surface area is 72.1 Å². The predicted octanol–water partition coefficient (Wildman–Crippen LogP) is 0.918. The first-order valence-corrected chi connectivity index (χ1v) is 4.06. The fraction of sp³-hybridized carbons (Fsp3) is 0.333. The summed E-state index contributed by atoms with van der Waals surface area (Å²) in [4.78, 5) is 2.28. The van der Waals surface area contributed by atoms with E-state index in [0.29, 0.717) is 0 Å². The smallest absolute Gasteiger partial charge is 0.0488 e. The van der Waals surface area contributed by atoms with Crippen molar-refractivity contribution in [3.8, 4) is 0 Å². The molecule has 1 aromatic rings. The molecular weight excluding hydrogens is 150 g/mol. The molecule has 3 N–H and O–H groups in total. The van der Waals surface area contributed by atoms with E-state index in [1.165, 1.54) is 11.1 Å². The van der Waals surface area contributed by atoms with Gasteiger partial charge in [-0.15, -0.1) is 0 Å². The Bertz CT molecular complexity index is 296. The van der Waals surface area contributed by atoms with Gasteiger partial charge in [0.1, 0.15) is 0 Å². The van der Waals surface area contributed by atoms with Crippen molar-refractivity contribution in [2.24, 2.45) is 5.84 Å². The Hall–Kier alpha value is -1.06. The quantitative estimate of drug-likeness (QED) is 0.478. The number of hydrogen-bond acceptors (Lipinski definition) is 3. The second-order valence-electron chi connectivity index (χ2n) is 3.30. The molecular formula is C9H13N3. The number of nitrogens with two attached hydrogens (primary N) is 1. The molecule has 0 saturated carbocycles. The average Bonchev–Trinajstić information content (AvgIpc) is 2.43. The van der Waals surface area contributed by atoms with Gasteiger partial charge in [0.05, 0.1) is 0 Å². The molecule has 0 radical (unpaired) electrons. The molecule has 0 aromatic heterocycles. The number of fused-ring (bicyclic) bond motifs is 1. The minimum Gasteiger partial charge on any atom is -0.324 e. The van der Waals surface area contributed by atoms with Gasteiger partial charge in [-0.2, -0.15) is 0 Å². The molecule has 0 aliphatic carbocycles. The van der Waals surface area contributed by atoms with E-state index in [-0.39, 0.29) is 0 Å². The maximum Gasteiger partial charge on any atom is 0.0488 e. The molecule has 0 spiro atoms. The number of nitrogens with zero attached hydrogens (tertiary/aromatic N) is 1. The van der Waals surface area contributed by atoms with Crippen molar-refractivity contribution in [3.05, 3.63) is 29.3 Å². The van der Waals surface area contributed by atoms with Crippen LogP contribution in [0.4, 0.5) is 5.69 Å². The molecule has 1 aliphatic heterocycles. The van der Waals surface area contributed by atoms with Crippen molar-refractivity contribution in [3.63, 3.8) is 0 Å². The largest absolute Gasteiger partial charge is 0.324 e. The standard InChI is InChI=1S/C9H13N3/c1-12-5-7-2-3-9(11-10)4-8(7)6-12/h2-4,11H,5-6,10H2,1H3. The number of benzene rings is 1. The summed E-state index contributed by atoms with van der Waals surface area (Å²) >= 11 is 0. The van der Waals surface area contributed by atoms with Gasteiger partial charge in [0.15, 0.2) is 0 Å². The zero-order valence-electron chi connectivity index (χ0n) is 7.17. The number of hydrogen-bond donors (Lipinski definition) is 2. The summed E-state index contributed by atoms with van der Waals surface area (Å²) in [5.41, 5.74) is 6.44. The van der Waals surface area contributed by atoms with E-state index in [1.807, 2.05) is 6.07 Å². The van der Waals surface area contributed by atoms with Crippen LogP contribution in [0.5, 0.6) is 0 Å². The van der Waals surface area contributed by atoms with Crippen molar-refractivity contribution < 1.29 is 0 Å². The highest BCUT2D eigenvalue weighted by Crippen LogP contribution is 2.23. The van der Waals surface area contributed by atoms with Crippen molar-refractivity contribution in [1.29, 1.82) is 0 Å². The van der Waals surface area contributed by atoms with Crippen LogP contribution in [0, 0.1) is 0 Å². The maximum atomic E-state index is 5.31. The van der Waals surface area contributed by atoms with E-state index in [9.17, 15) is 0 Å². The zero-order valence-corrected chi connectivity index (χ0v) is 7.17. The lowest BCUT2D eigenvalue weighted by Crippen LogP contribution is -2.07. The van der Waals surface area contributed by atoms with Crippen LogP contribution in [0.2, 0.25) is 0 Å². The monoisotopic (exact) mass is 163 g/mol. The Kier molecular flexibility index (Phi) is 1.75. The fourth-order valence-electron chi connectivity index (χ4n) is 1.65. The first-order valence-electron chi connectivity index (χ1n) is 4.06. The highest BCUT2D eigenvalue weighted by Gasteiger charge is 2.14. The summed E-state index contributed by atoms with van der Waals surface area (Å²) in [6, 6.07) is 6.25. The van der Waals surface area contributed by atoms with Crippen LogP contribution in [-0.4, -0.2) is 11.9 Å². The lowest BCUT2D eigenvalue weighted by molar-refractivity contribution is 0.353. The zero-order chi connectivity index (χ0) is 8.55. The normalized spacial score (nSPS) is 16.2. The van der Waals surface area contributed by atoms with Gasteiger partial charge in [-0.3, -0.25) is 10.7 Å². The van der Waals surface area contributed by atoms with Crippen LogP contribution in [0.25, 0.3) is 0 Å². The molecule has 3 heteroatoms. The first kappa shape index (κ1) is 7.58. The second-order valence-corrected chi connectivity index (χ2v) is 3.30. The Morgan fingerprint density at radius 2 is 2.08 bits per heavy atom. The highest BCUT2D eigenvalue weighted by molar-refractivity contribution is 5.48.